The zero-order valence-electron chi connectivity index (χ0n) is 10.1. The number of aromatic nitrogens is 4. The van der Waals surface area contributed by atoms with Crippen molar-refractivity contribution >= 4 is 35.8 Å². The standard InChI is InChI=1S/C13H8Cl2N4S/c14-9-5-1-3-7-11(9)18-16-13(20)17-19(18)12-8-4-2-6-10(12)15/h1-8H. The summed E-state index contributed by atoms with van der Waals surface area (Å²) in [5, 5.41) is 9.71. The van der Waals surface area contributed by atoms with Crippen LogP contribution < -0.4 is 4.80 Å². The van der Waals surface area contributed by atoms with Crippen LogP contribution in [0, 0.1) is 0 Å². The van der Waals surface area contributed by atoms with Gasteiger partial charge in [0, 0.05) is 9.90 Å². The summed E-state index contributed by atoms with van der Waals surface area (Å²) in [5.74, 6) is 0. The minimum atomic E-state index is 0.213. The summed E-state index contributed by atoms with van der Waals surface area (Å²) in [5.41, 5.74) is 1.36. The van der Waals surface area contributed by atoms with E-state index in [2.05, 4.69) is 10.2 Å². The monoisotopic (exact) mass is 322 g/mol. The molecule has 3 aromatic rings. The predicted molar refractivity (Wildman–Crippen MR) is 78.5 cm³/mol. The van der Waals surface area contributed by atoms with Crippen molar-refractivity contribution in [3.8, 4) is 11.4 Å². The van der Waals surface area contributed by atoms with Gasteiger partial charge in [0.15, 0.2) is 10.8 Å². The van der Waals surface area contributed by atoms with Crippen LogP contribution in [0.2, 0.25) is 10.0 Å². The smallest absolute Gasteiger partial charge is 0.198 e. The van der Waals surface area contributed by atoms with Gasteiger partial charge in [-0.05, 0) is 34.2 Å². The van der Waals surface area contributed by atoms with Gasteiger partial charge < -0.3 is 12.6 Å². The summed E-state index contributed by atoms with van der Waals surface area (Å²) < 4.78 is 0. The number of benzene rings is 2. The molecule has 0 aliphatic carbocycles. The Morgan fingerprint density at radius 3 is 2.30 bits per heavy atom. The van der Waals surface area contributed by atoms with E-state index >= 15 is 0 Å². The first-order chi connectivity index (χ1) is 9.66. The topological polar surface area (TPSA) is 34.6 Å². The summed E-state index contributed by atoms with van der Waals surface area (Å²) in [6.07, 6.45) is 0. The van der Waals surface area contributed by atoms with Gasteiger partial charge in [-0.3, -0.25) is 0 Å². The molecule has 1 heterocycles. The Labute approximate surface area is 131 Å². The molecule has 20 heavy (non-hydrogen) atoms. The molecule has 0 aliphatic rings. The van der Waals surface area contributed by atoms with Crippen LogP contribution in [0.25, 0.3) is 11.4 Å². The van der Waals surface area contributed by atoms with Crippen molar-refractivity contribution in [1.82, 2.24) is 15.0 Å². The number of halogens is 2. The van der Waals surface area contributed by atoms with Crippen LogP contribution in [0.3, 0.4) is 0 Å². The summed E-state index contributed by atoms with van der Waals surface area (Å²) in [7, 11) is 0. The second-order valence-corrected chi connectivity index (χ2v) is 5.14. The van der Waals surface area contributed by atoms with Gasteiger partial charge in [0.2, 0.25) is 0 Å². The van der Waals surface area contributed by atoms with Gasteiger partial charge in [0.05, 0.1) is 10.0 Å². The van der Waals surface area contributed by atoms with Crippen LogP contribution in [0.15, 0.2) is 53.7 Å². The van der Waals surface area contributed by atoms with E-state index in [1.807, 2.05) is 36.4 Å². The lowest BCUT2D eigenvalue weighted by atomic mass is 10.3. The highest BCUT2D eigenvalue weighted by atomic mass is 35.5. The molecular weight excluding hydrogens is 315 g/mol. The van der Waals surface area contributed by atoms with E-state index in [1.165, 1.54) is 9.59 Å². The second-order valence-electron chi connectivity index (χ2n) is 3.96. The molecular formula is C13H8Cl2N4S. The van der Waals surface area contributed by atoms with E-state index in [0.29, 0.717) is 21.4 Å². The Kier molecular flexibility index (Phi) is 3.56. The molecule has 0 radical (unpaired) electrons. The van der Waals surface area contributed by atoms with Crippen molar-refractivity contribution in [2.45, 2.75) is 5.16 Å². The van der Waals surface area contributed by atoms with Crippen molar-refractivity contribution in [3.63, 3.8) is 0 Å². The van der Waals surface area contributed by atoms with Gasteiger partial charge in [-0.15, -0.1) is 0 Å². The summed E-state index contributed by atoms with van der Waals surface area (Å²) >= 11 is 17.5. The Morgan fingerprint density at radius 1 is 0.950 bits per heavy atom. The van der Waals surface area contributed by atoms with Crippen molar-refractivity contribution < 1.29 is 4.80 Å². The molecule has 0 saturated heterocycles. The van der Waals surface area contributed by atoms with Gasteiger partial charge in [0.1, 0.15) is 5.69 Å². The van der Waals surface area contributed by atoms with Gasteiger partial charge >= 0.3 is 0 Å². The summed E-state index contributed by atoms with van der Waals surface area (Å²) in [4.78, 5) is 3.07. The minimum Gasteiger partial charge on any atom is -0.706 e. The molecule has 0 fully saturated rings. The van der Waals surface area contributed by atoms with Crippen LogP contribution >= 0.6 is 23.2 Å². The maximum Gasteiger partial charge on any atom is 0.198 e. The molecule has 100 valence electrons. The molecule has 4 nitrogen and oxygen atoms in total. The SMILES string of the molecule is [S-]c1nn(-c2ccccc2Cl)[n+](-c2ccccc2Cl)n1. The molecule has 0 N–H and O–H groups in total. The van der Waals surface area contributed by atoms with Gasteiger partial charge in [-0.25, -0.2) is 0 Å². The van der Waals surface area contributed by atoms with E-state index < -0.39 is 0 Å². The molecule has 0 amide bonds. The molecule has 3 rings (SSSR count). The highest BCUT2D eigenvalue weighted by Gasteiger charge is 2.20. The third kappa shape index (κ3) is 2.35. The largest absolute Gasteiger partial charge is 0.706 e. The molecule has 7 heteroatoms. The number of hydrogen-bond donors (Lipinski definition) is 0. The van der Waals surface area contributed by atoms with Crippen LogP contribution in [0.5, 0.6) is 0 Å². The van der Waals surface area contributed by atoms with Crippen molar-refractivity contribution in [3.05, 3.63) is 58.6 Å². The zero-order valence-corrected chi connectivity index (χ0v) is 12.4. The first-order valence-corrected chi connectivity index (χ1v) is 6.90. The highest BCUT2D eigenvalue weighted by Crippen LogP contribution is 2.19. The Bertz CT molecular complexity index is 710. The third-order valence-electron chi connectivity index (χ3n) is 2.68. The lowest BCUT2D eigenvalue weighted by Crippen LogP contribution is -2.43. The van der Waals surface area contributed by atoms with Crippen molar-refractivity contribution in [2.75, 3.05) is 0 Å². The molecule has 0 bridgehead atoms. The molecule has 0 unspecified atom stereocenters. The Morgan fingerprint density at radius 2 is 1.60 bits per heavy atom. The Hall–Kier alpha value is -1.69. The quantitative estimate of drug-likeness (QED) is 0.537. The van der Waals surface area contributed by atoms with Gasteiger partial charge in [-0.1, -0.05) is 47.5 Å². The molecule has 0 atom stereocenters. The predicted octanol–water partition coefficient (Wildman–Crippen LogP) is 2.76. The van der Waals surface area contributed by atoms with Crippen LogP contribution in [-0.4, -0.2) is 15.0 Å². The van der Waals surface area contributed by atoms with Gasteiger partial charge in [-0.2, -0.15) is 0 Å². The number of rotatable bonds is 2. The maximum atomic E-state index is 6.20. The van der Waals surface area contributed by atoms with Crippen molar-refractivity contribution in [1.29, 1.82) is 0 Å². The number of para-hydroxylation sites is 2. The fourth-order valence-electron chi connectivity index (χ4n) is 1.81. The van der Waals surface area contributed by atoms with Crippen LogP contribution in [0.4, 0.5) is 0 Å². The molecule has 0 aliphatic heterocycles. The van der Waals surface area contributed by atoms with E-state index in [1.54, 1.807) is 12.1 Å². The maximum absolute atomic E-state index is 6.20. The Balaban J connectivity index is 2.25. The molecule has 2 aromatic carbocycles. The minimum absolute atomic E-state index is 0.213. The first kappa shape index (κ1) is 13.3. The average Bonchev–Trinajstić information content (AvgIpc) is 2.81. The van der Waals surface area contributed by atoms with Gasteiger partial charge in [0.25, 0.3) is 0 Å². The average molecular weight is 323 g/mol. The van der Waals surface area contributed by atoms with E-state index in [-0.39, 0.29) is 5.16 Å². The lowest BCUT2D eigenvalue weighted by molar-refractivity contribution is -0.736. The van der Waals surface area contributed by atoms with Crippen molar-refractivity contribution in [2.24, 2.45) is 0 Å². The first-order valence-electron chi connectivity index (χ1n) is 5.73. The van der Waals surface area contributed by atoms with Crippen LogP contribution in [0.1, 0.15) is 0 Å². The molecule has 0 spiro atoms. The van der Waals surface area contributed by atoms with E-state index in [9.17, 15) is 0 Å². The van der Waals surface area contributed by atoms with E-state index in [4.69, 9.17) is 35.8 Å². The third-order valence-corrected chi connectivity index (χ3v) is 3.48. The fourth-order valence-corrected chi connectivity index (χ4v) is 2.38. The second kappa shape index (κ2) is 5.36. The number of tetrazole rings is 1. The normalized spacial score (nSPS) is 10.7. The number of nitrogens with zero attached hydrogens (tertiary/aromatic N) is 4. The summed E-state index contributed by atoms with van der Waals surface area (Å²) in [6.45, 7) is 0. The highest BCUT2D eigenvalue weighted by molar-refractivity contribution is 7.58. The summed E-state index contributed by atoms with van der Waals surface area (Å²) in [6, 6.07) is 14.6. The number of hydrogen-bond acceptors (Lipinski definition) is 3. The fraction of sp³-hybridized carbons (Fsp3) is 0. The van der Waals surface area contributed by atoms with E-state index in [0.717, 1.165) is 0 Å². The molecule has 0 saturated carbocycles. The lowest BCUT2D eigenvalue weighted by Gasteiger charge is -2.02. The molecule has 1 aromatic heterocycles. The van der Waals surface area contributed by atoms with Crippen LogP contribution in [-0.2, 0) is 12.6 Å². The zero-order chi connectivity index (χ0) is 14.1.